The van der Waals surface area contributed by atoms with E-state index in [2.05, 4.69) is 15.5 Å². The number of fused-ring (bicyclic) bond motifs is 1. The van der Waals surface area contributed by atoms with Gasteiger partial charge in [0.2, 0.25) is 0 Å². The fourth-order valence-electron chi connectivity index (χ4n) is 3.09. The average molecular weight is 391 g/mol. The molecule has 0 heterocycles. The van der Waals surface area contributed by atoms with Crippen molar-refractivity contribution in [3.05, 3.63) is 114 Å². The summed E-state index contributed by atoms with van der Waals surface area (Å²) < 4.78 is 0. The van der Waals surface area contributed by atoms with Crippen molar-refractivity contribution < 1.29 is 4.79 Å². The number of carbonyl (C=O) groups excluding carboxylic acids is 1. The van der Waals surface area contributed by atoms with Gasteiger partial charge in [-0.25, -0.2) is 0 Å². The number of aryl methyl sites for hydroxylation is 1. The van der Waals surface area contributed by atoms with Crippen molar-refractivity contribution in [2.24, 2.45) is 10.2 Å². The summed E-state index contributed by atoms with van der Waals surface area (Å²) in [6, 6.07) is 29.1. The van der Waals surface area contributed by atoms with Crippen LogP contribution in [0, 0.1) is 6.92 Å². The highest BCUT2D eigenvalue weighted by atomic mass is 16.1. The van der Waals surface area contributed by atoms with Crippen molar-refractivity contribution in [2.75, 3.05) is 5.32 Å². The molecule has 0 saturated heterocycles. The molecule has 4 nitrogen and oxygen atoms in total. The number of allylic oxidation sites excluding steroid dienone is 1. The first-order chi connectivity index (χ1) is 14.7. The lowest BCUT2D eigenvalue weighted by molar-refractivity contribution is 0.104. The molecule has 0 aliphatic heterocycles. The molecule has 0 aliphatic rings. The van der Waals surface area contributed by atoms with Crippen LogP contribution in [0.2, 0.25) is 0 Å². The van der Waals surface area contributed by atoms with Gasteiger partial charge in [0.1, 0.15) is 0 Å². The number of nitrogens with zero attached hydrogens (tertiary/aromatic N) is 2. The Kier molecular flexibility index (Phi) is 5.76. The molecular weight excluding hydrogens is 370 g/mol. The second kappa shape index (κ2) is 8.97. The van der Waals surface area contributed by atoms with Crippen molar-refractivity contribution in [1.82, 2.24) is 0 Å². The zero-order valence-electron chi connectivity index (χ0n) is 16.6. The minimum Gasteiger partial charge on any atom is -0.362 e. The molecule has 0 atom stereocenters. The molecule has 146 valence electrons. The van der Waals surface area contributed by atoms with E-state index >= 15 is 0 Å². The van der Waals surface area contributed by atoms with Crippen molar-refractivity contribution in [3.8, 4) is 0 Å². The fourth-order valence-corrected chi connectivity index (χ4v) is 3.09. The summed E-state index contributed by atoms with van der Waals surface area (Å²) >= 11 is 0. The zero-order valence-corrected chi connectivity index (χ0v) is 16.6. The summed E-state index contributed by atoms with van der Waals surface area (Å²) in [4.78, 5) is 12.6. The third-order valence-electron chi connectivity index (χ3n) is 4.72. The number of anilines is 1. The van der Waals surface area contributed by atoms with Gasteiger partial charge in [-0.2, -0.15) is 10.2 Å². The Balaban J connectivity index is 1.39. The standard InChI is InChI=1S/C26H21N3O/c1-19-9-11-22(12-10-19)28-29-23-15-13-21(14-16-23)27-18-17-26(30)25-8-4-6-20-5-2-3-7-24(20)25/h2-18,27H,1H3/b18-17+,29-28?. The van der Waals surface area contributed by atoms with E-state index in [1.54, 1.807) is 12.3 Å². The Hall–Kier alpha value is -4.05. The van der Waals surface area contributed by atoms with Gasteiger partial charge in [0.05, 0.1) is 11.4 Å². The maximum atomic E-state index is 12.6. The van der Waals surface area contributed by atoms with Gasteiger partial charge >= 0.3 is 0 Å². The van der Waals surface area contributed by atoms with Gasteiger partial charge in [-0.3, -0.25) is 4.79 Å². The number of benzene rings is 4. The molecule has 4 rings (SSSR count). The third-order valence-corrected chi connectivity index (χ3v) is 4.72. The largest absolute Gasteiger partial charge is 0.362 e. The smallest absolute Gasteiger partial charge is 0.187 e. The molecule has 0 aromatic heterocycles. The summed E-state index contributed by atoms with van der Waals surface area (Å²) in [7, 11) is 0. The Morgan fingerprint density at radius 2 is 1.40 bits per heavy atom. The van der Waals surface area contributed by atoms with Crippen LogP contribution in [0.1, 0.15) is 15.9 Å². The number of ketones is 1. The fraction of sp³-hybridized carbons (Fsp3) is 0.0385. The summed E-state index contributed by atoms with van der Waals surface area (Å²) in [5, 5.41) is 13.6. The van der Waals surface area contributed by atoms with Crippen molar-refractivity contribution in [3.63, 3.8) is 0 Å². The molecule has 0 radical (unpaired) electrons. The topological polar surface area (TPSA) is 53.8 Å². The highest BCUT2D eigenvalue weighted by Crippen LogP contribution is 2.21. The first-order valence-electron chi connectivity index (χ1n) is 9.73. The molecule has 4 aromatic carbocycles. The summed E-state index contributed by atoms with van der Waals surface area (Å²) in [6.45, 7) is 2.04. The minimum atomic E-state index is -0.0391. The molecule has 1 N–H and O–H groups in total. The van der Waals surface area contributed by atoms with E-state index in [1.807, 2.05) is 97.9 Å². The van der Waals surface area contributed by atoms with Gasteiger partial charge < -0.3 is 5.32 Å². The second-order valence-electron chi connectivity index (χ2n) is 6.95. The molecule has 4 heteroatoms. The summed E-state index contributed by atoms with van der Waals surface area (Å²) in [5.74, 6) is -0.0391. The quantitative estimate of drug-likeness (QED) is 0.212. The molecule has 0 spiro atoms. The van der Waals surface area contributed by atoms with Gasteiger partial charge in [0.25, 0.3) is 0 Å². The van der Waals surface area contributed by atoms with Crippen LogP contribution in [0.15, 0.2) is 113 Å². The van der Waals surface area contributed by atoms with Crippen LogP contribution in [0.4, 0.5) is 17.1 Å². The maximum absolute atomic E-state index is 12.6. The monoisotopic (exact) mass is 391 g/mol. The summed E-state index contributed by atoms with van der Waals surface area (Å²) in [6.07, 6.45) is 3.21. The van der Waals surface area contributed by atoms with Crippen LogP contribution in [-0.2, 0) is 0 Å². The SMILES string of the molecule is Cc1ccc(N=Nc2ccc(N/C=C/C(=O)c3cccc4ccccc34)cc2)cc1. The molecule has 0 fully saturated rings. The molecular formula is C26H21N3O. The number of hydrogen-bond donors (Lipinski definition) is 1. The zero-order chi connectivity index (χ0) is 20.8. The minimum absolute atomic E-state index is 0.0391. The third kappa shape index (κ3) is 4.67. The average Bonchev–Trinajstić information content (AvgIpc) is 2.79. The lowest BCUT2D eigenvalue weighted by Gasteiger charge is -2.03. The predicted molar refractivity (Wildman–Crippen MR) is 123 cm³/mol. The van der Waals surface area contributed by atoms with Crippen LogP contribution >= 0.6 is 0 Å². The lowest BCUT2D eigenvalue weighted by Crippen LogP contribution is -1.97. The van der Waals surface area contributed by atoms with Crippen LogP contribution in [0.3, 0.4) is 0 Å². The molecule has 4 aromatic rings. The van der Waals surface area contributed by atoms with E-state index in [1.165, 1.54) is 5.56 Å². The van der Waals surface area contributed by atoms with E-state index < -0.39 is 0 Å². The van der Waals surface area contributed by atoms with Crippen LogP contribution in [0.25, 0.3) is 10.8 Å². The molecule has 0 amide bonds. The van der Waals surface area contributed by atoms with Crippen LogP contribution < -0.4 is 5.32 Å². The van der Waals surface area contributed by atoms with Crippen LogP contribution in [-0.4, -0.2) is 5.78 Å². The Morgan fingerprint density at radius 3 is 2.13 bits per heavy atom. The molecule has 0 unspecified atom stereocenters. The highest BCUT2D eigenvalue weighted by Gasteiger charge is 2.06. The van der Waals surface area contributed by atoms with E-state index in [9.17, 15) is 4.79 Å². The van der Waals surface area contributed by atoms with Gasteiger partial charge in [-0.15, -0.1) is 0 Å². The highest BCUT2D eigenvalue weighted by molar-refractivity contribution is 6.13. The van der Waals surface area contributed by atoms with Gasteiger partial charge in [-0.05, 0) is 54.1 Å². The first-order valence-corrected chi connectivity index (χ1v) is 9.73. The van der Waals surface area contributed by atoms with E-state index in [0.717, 1.165) is 27.8 Å². The van der Waals surface area contributed by atoms with Crippen molar-refractivity contribution in [2.45, 2.75) is 6.92 Å². The van der Waals surface area contributed by atoms with Gasteiger partial charge in [0, 0.05) is 23.5 Å². The molecule has 0 bridgehead atoms. The van der Waals surface area contributed by atoms with Crippen molar-refractivity contribution >= 4 is 33.6 Å². The molecule has 0 aliphatic carbocycles. The van der Waals surface area contributed by atoms with Crippen molar-refractivity contribution in [1.29, 1.82) is 0 Å². The maximum Gasteiger partial charge on any atom is 0.187 e. The van der Waals surface area contributed by atoms with Crippen LogP contribution in [0.5, 0.6) is 0 Å². The number of rotatable bonds is 6. The van der Waals surface area contributed by atoms with E-state index in [4.69, 9.17) is 0 Å². The van der Waals surface area contributed by atoms with E-state index in [-0.39, 0.29) is 5.78 Å². The molecule has 0 saturated carbocycles. The van der Waals surface area contributed by atoms with Gasteiger partial charge in [-0.1, -0.05) is 60.2 Å². The number of nitrogens with one attached hydrogen (secondary N) is 1. The Bertz CT molecular complexity index is 1220. The molecule has 30 heavy (non-hydrogen) atoms. The number of azo groups is 1. The normalized spacial score (nSPS) is 11.4. The Morgan fingerprint density at radius 1 is 0.767 bits per heavy atom. The predicted octanol–water partition coefficient (Wildman–Crippen LogP) is 7.37. The number of hydrogen-bond acceptors (Lipinski definition) is 4. The first kappa shape index (κ1) is 19.3. The second-order valence-corrected chi connectivity index (χ2v) is 6.95. The summed E-state index contributed by atoms with van der Waals surface area (Å²) in [5.41, 5.74) is 4.33. The van der Waals surface area contributed by atoms with E-state index in [0.29, 0.717) is 5.56 Å². The Labute approximate surface area is 175 Å². The van der Waals surface area contributed by atoms with Gasteiger partial charge in [0.15, 0.2) is 5.78 Å². The lowest BCUT2D eigenvalue weighted by atomic mass is 10.0. The number of carbonyl (C=O) groups is 1.